The molecule has 0 saturated carbocycles. The second-order valence-electron chi connectivity index (χ2n) is 7.25. The first-order valence-electron chi connectivity index (χ1n) is 9.38. The molecule has 9 heteroatoms. The molecule has 4 unspecified atom stereocenters. The Balaban J connectivity index is 1.47. The van der Waals surface area contributed by atoms with Crippen molar-refractivity contribution < 1.29 is 14.5 Å². The highest BCUT2D eigenvalue weighted by atomic mass is 16.6. The molecule has 0 spiro atoms. The van der Waals surface area contributed by atoms with Crippen molar-refractivity contribution in [3.05, 3.63) is 64.7 Å². The van der Waals surface area contributed by atoms with Crippen LogP contribution in [0.2, 0.25) is 0 Å². The van der Waals surface area contributed by atoms with Gasteiger partial charge in [0.15, 0.2) is 5.78 Å². The minimum Gasteiger partial charge on any atom is -0.325 e. The molecule has 0 bridgehead atoms. The smallest absolute Gasteiger partial charge is 0.269 e. The lowest BCUT2D eigenvalue weighted by molar-refractivity contribution is -0.384. The quantitative estimate of drug-likeness (QED) is 0.410. The van der Waals surface area contributed by atoms with Crippen LogP contribution in [0.4, 0.5) is 17.1 Å². The van der Waals surface area contributed by atoms with Crippen LogP contribution in [0.3, 0.4) is 0 Å². The number of nitrogens with zero attached hydrogens (tertiary/aromatic N) is 2. The van der Waals surface area contributed by atoms with Crippen molar-refractivity contribution in [2.45, 2.75) is 19.1 Å². The molecule has 2 aromatic carbocycles. The first-order chi connectivity index (χ1) is 14.0. The number of fused-ring (bicyclic) bond motifs is 1. The van der Waals surface area contributed by atoms with E-state index in [0.717, 1.165) is 5.69 Å². The number of para-hydroxylation sites is 1. The van der Waals surface area contributed by atoms with Crippen molar-refractivity contribution in [3.63, 3.8) is 0 Å². The summed E-state index contributed by atoms with van der Waals surface area (Å²) in [4.78, 5) is 36.1. The molecule has 3 N–H and O–H groups in total. The molecule has 2 aliphatic heterocycles. The van der Waals surface area contributed by atoms with Crippen LogP contribution in [0.25, 0.3) is 0 Å². The number of nitro groups is 1. The van der Waals surface area contributed by atoms with Crippen LogP contribution in [0, 0.1) is 22.0 Å². The van der Waals surface area contributed by atoms with E-state index < -0.39 is 16.7 Å². The van der Waals surface area contributed by atoms with E-state index in [4.69, 9.17) is 0 Å². The number of hydrogen-bond acceptors (Lipinski definition) is 7. The van der Waals surface area contributed by atoms with Gasteiger partial charge in [-0.05, 0) is 31.2 Å². The number of nitro benzene ring substituents is 1. The molecule has 2 saturated heterocycles. The maximum absolute atomic E-state index is 13.1. The predicted molar refractivity (Wildman–Crippen MR) is 107 cm³/mol. The number of amides is 1. The molecule has 1 amide bonds. The van der Waals surface area contributed by atoms with Gasteiger partial charge >= 0.3 is 0 Å². The van der Waals surface area contributed by atoms with Crippen molar-refractivity contribution in [2.24, 2.45) is 11.8 Å². The Bertz CT molecular complexity index is 934. The van der Waals surface area contributed by atoms with Crippen molar-refractivity contribution in [1.82, 2.24) is 10.7 Å². The monoisotopic (exact) mass is 395 g/mol. The average molecular weight is 395 g/mol. The predicted octanol–water partition coefficient (Wildman–Crippen LogP) is 1.68. The summed E-state index contributed by atoms with van der Waals surface area (Å²) in [5.41, 5.74) is 4.62. The number of non-ortho nitro benzene ring substituents is 1. The van der Waals surface area contributed by atoms with Gasteiger partial charge in [0.25, 0.3) is 5.69 Å². The summed E-state index contributed by atoms with van der Waals surface area (Å²) in [6, 6.07) is 15.1. The fraction of sp³-hybridized carbons (Fsp3) is 0.300. The largest absolute Gasteiger partial charge is 0.325 e. The van der Waals surface area contributed by atoms with Gasteiger partial charge < -0.3 is 5.32 Å². The van der Waals surface area contributed by atoms with Crippen molar-refractivity contribution in [3.8, 4) is 0 Å². The van der Waals surface area contributed by atoms with Gasteiger partial charge in [-0.2, -0.15) is 0 Å². The molecule has 2 aliphatic rings. The summed E-state index contributed by atoms with van der Waals surface area (Å²) in [6.07, 6.45) is -0.233. The maximum atomic E-state index is 13.1. The molecular weight excluding hydrogens is 374 g/mol. The average Bonchev–Trinajstić information content (AvgIpc) is 3.06. The fourth-order valence-electron chi connectivity index (χ4n) is 3.95. The van der Waals surface area contributed by atoms with Crippen molar-refractivity contribution in [1.29, 1.82) is 0 Å². The molecule has 0 radical (unpaired) electrons. The highest BCUT2D eigenvalue weighted by molar-refractivity contribution is 6.09. The minimum absolute atomic E-state index is 0.0619. The molecule has 4 rings (SSSR count). The number of Topliss-reactive ketones (excluding diaryl/α,β-unsaturated/α-hetero) is 1. The topological polar surface area (TPSA) is 117 Å². The third kappa shape index (κ3) is 3.57. The van der Waals surface area contributed by atoms with Crippen molar-refractivity contribution in [2.75, 3.05) is 16.9 Å². The van der Waals surface area contributed by atoms with Gasteiger partial charge in [0, 0.05) is 30.4 Å². The number of rotatable bonds is 4. The molecule has 0 aliphatic carbocycles. The molecule has 29 heavy (non-hydrogen) atoms. The Morgan fingerprint density at radius 1 is 1.17 bits per heavy atom. The first kappa shape index (κ1) is 19.0. The molecule has 150 valence electrons. The van der Waals surface area contributed by atoms with Crippen LogP contribution in [0.1, 0.15) is 6.92 Å². The number of benzene rings is 2. The number of carbonyl (C=O) groups excluding carboxylic acids is 2. The second kappa shape index (κ2) is 7.61. The lowest BCUT2D eigenvalue weighted by atomic mass is 9.83. The summed E-state index contributed by atoms with van der Waals surface area (Å²) in [5, 5.41) is 18.7. The second-order valence-corrected chi connectivity index (χ2v) is 7.25. The number of hydrogen-bond donors (Lipinski definition) is 3. The van der Waals surface area contributed by atoms with E-state index in [0.29, 0.717) is 5.69 Å². The molecular formula is C20H21N5O4. The highest BCUT2D eigenvalue weighted by Crippen LogP contribution is 2.31. The Morgan fingerprint density at radius 2 is 1.86 bits per heavy atom. The van der Waals surface area contributed by atoms with Crippen LogP contribution in [-0.2, 0) is 9.59 Å². The normalized spacial score (nSPS) is 26.1. The summed E-state index contributed by atoms with van der Waals surface area (Å²) in [6.45, 7) is 2.15. The Morgan fingerprint density at radius 3 is 2.52 bits per heavy atom. The Kier molecular flexibility index (Phi) is 4.99. The number of nitrogens with one attached hydrogen (secondary N) is 3. The molecule has 2 heterocycles. The summed E-state index contributed by atoms with van der Waals surface area (Å²) < 4.78 is 0. The van der Waals surface area contributed by atoms with E-state index in [1.54, 1.807) is 0 Å². The lowest BCUT2D eigenvalue weighted by Gasteiger charge is -2.35. The van der Waals surface area contributed by atoms with Crippen molar-refractivity contribution >= 4 is 28.8 Å². The molecule has 9 nitrogen and oxygen atoms in total. The zero-order valence-corrected chi connectivity index (χ0v) is 15.7. The number of piperidine rings is 1. The standard InChI is InChI=1S/C20H21N5O4/c1-12-17-18(26)16(20(27)22-13-7-9-15(10-8-13)25(28)29)11-21-19(17)24(23-12)14-5-3-2-4-6-14/h2-10,12,16-17,19,21,23H,11H2,1H3,(H,22,27). The Hall–Kier alpha value is -3.30. The number of carbonyl (C=O) groups is 2. The van der Waals surface area contributed by atoms with Gasteiger partial charge in [-0.15, -0.1) is 0 Å². The van der Waals surface area contributed by atoms with Crippen LogP contribution in [-0.4, -0.2) is 35.4 Å². The molecule has 0 aromatic heterocycles. The number of hydrazine groups is 1. The van der Waals surface area contributed by atoms with E-state index in [2.05, 4.69) is 16.1 Å². The number of ketones is 1. The van der Waals surface area contributed by atoms with E-state index in [-0.39, 0.29) is 36.1 Å². The van der Waals surface area contributed by atoms with Crippen LogP contribution >= 0.6 is 0 Å². The SMILES string of the molecule is CC1NN(c2ccccc2)C2NCC(C(=O)Nc3ccc([N+](=O)[O-])cc3)C(=O)C12. The summed E-state index contributed by atoms with van der Waals surface area (Å²) in [7, 11) is 0. The van der Waals surface area contributed by atoms with Gasteiger partial charge in [-0.25, -0.2) is 5.43 Å². The van der Waals surface area contributed by atoms with E-state index in [9.17, 15) is 19.7 Å². The Labute approximate surface area is 167 Å². The molecule has 2 fully saturated rings. The summed E-state index contributed by atoms with van der Waals surface area (Å²) in [5.74, 6) is -1.74. The highest BCUT2D eigenvalue weighted by Gasteiger charge is 2.50. The van der Waals surface area contributed by atoms with Crippen LogP contribution in [0.15, 0.2) is 54.6 Å². The minimum atomic E-state index is -0.827. The van der Waals surface area contributed by atoms with Gasteiger partial charge in [0.2, 0.25) is 5.91 Å². The van der Waals surface area contributed by atoms with E-state index in [1.165, 1.54) is 24.3 Å². The lowest BCUT2D eigenvalue weighted by Crippen LogP contribution is -2.58. The van der Waals surface area contributed by atoms with E-state index in [1.807, 2.05) is 42.3 Å². The third-order valence-corrected chi connectivity index (χ3v) is 5.40. The van der Waals surface area contributed by atoms with E-state index >= 15 is 0 Å². The number of anilines is 2. The first-order valence-corrected chi connectivity index (χ1v) is 9.38. The fourth-order valence-corrected chi connectivity index (χ4v) is 3.95. The van der Waals surface area contributed by atoms with Gasteiger partial charge in [-0.1, -0.05) is 18.2 Å². The summed E-state index contributed by atoms with van der Waals surface area (Å²) >= 11 is 0. The zero-order valence-electron chi connectivity index (χ0n) is 15.7. The maximum Gasteiger partial charge on any atom is 0.269 e. The van der Waals surface area contributed by atoms with Crippen LogP contribution in [0.5, 0.6) is 0 Å². The van der Waals surface area contributed by atoms with Gasteiger partial charge in [0.05, 0.1) is 16.5 Å². The van der Waals surface area contributed by atoms with Gasteiger partial charge in [0.1, 0.15) is 12.1 Å². The van der Waals surface area contributed by atoms with Crippen LogP contribution < -0.4 is 21.1 Å². The van der Waals surface area contributed by atoms with Gasteiger partial charge in [-0.3, -0.25) is 30.0 Å². The zero-order chi connectivity index (χ0) is 20.5. The molecule has 2 aromatic rings. The molecule has 4 atom stereocenters. The third-order valence-electron chi connectivity index (χ3n) is 5.40.